The van der Waals surface area contributed by atoms with Crippen molar-refractivity contribution >= 4 is 5.82 Å². The van der Waals surface area contributed by atoms with Crippen molar-refractivity contribution in [3.8, 4) is 0 Å². The van der Waals surface area contributed by atoms with E-state index in [1.807, 2.05) is 0 Å². The van der Waals surface area contributed by atoms with E-state index in [0.717, 1.165) is 31.4 Å². The molecule has 3 nitrogen and oxygen atoms in total. The highest BCUT2D eigenvalue weighted by Gasteiger charge is 2.17. The highest BCUT2D eigenvalue weighted by atomic mass is 15.1. The first-order valence-corrected chi connectivity index (χ1v) is 8.19. The fourth-order valence-electron chi connectivity index (χ4n) is 3.00. The summed E-state index contributed by atoms with van der Waals surface area (Å²) in [6.45, 7) is 4.14. The van der Waals surface area contributed by atoms with Crippen LogP contribution in [0.4, 0.5) is 5.82 Å². The van der Waals surface area contributed by atoms with Gasteiger partial charge < -0.3 is 5.32 Å². The molecule has 0 unspecified atom stereocenters. The monoisotopic (exact) mass is 275 g/mol. The van der Waals surface area contributed by atoms with Crippen LogP contribution in [-0.4, -0.2) is 29.5 Å². The molecule has 0 aromatic carbocycles. The smallest absolute Gasteiger partial charge is 0.126 e. The molecule has 2 rings (SSSR count). The van der Waals surface area contributed by atoms with Gasteiger partial charge in [0.15, 0.2) is 0 Å². The minimum Gasteiger partial charge on any atom is -0.370 e. The summed E-state index contributed by atoms with van der Waals surface area (Å²) < 4.78 is 0. The third-order valence-corrected chi connectivity index (χ3v) is 4.22. The molecule has 1 saturated carbocycles. The summed E-state index contributed by atoms with van der Waals surface area (Å²) in [5.41, 5.74) is 1.18. The van der Waals surface area contributed by atoms with Gasteiger partial charge in [0, 0.05) is 19.1 Å². The van der Waals surface area contributed by atoms with Gasteiger partial charge in [-0.05, 0) is 38.4 Å². The molecular weight excluding hydrogens is 246 g/mol. The molecule has 0 aliphatic heterocycles. The summed E-state index contributed by atoms with van der Waals surface area (Å²) in [6.07, 6.45) is 9.45. The minimum absolute atomic E-state index is 0.742. The van der Waals surface area contributed by atoms with E-state index in [0.29, 0.717) is 0 Å². The highest BCUT2D eigenvalue weighted by molar-refractivity contribution is 5.35. The van der Waals surface area contributed by atoms with Crippen molar-refractivity contribution in [3.05, 3.63) is 23.9 Å². The van der Waals surface area contributed by atoms with Crippen LogP contribution in [0.2, 0.25) is 0 Å². The average molecular weight is 275 g/mol. The van der Waals surface area contributed by atoms with Crippen LogP contribution in [0.1, 0.15) is 57.6 Å². The molecule has 1 N–H and O–H groups in total. The Labute approximate surface area is 123 Å². The molecule has 0 amide bonds. The van der Waals surface area contributed by atoms with Crippen molar-refractivity contribution in [1.82, 2.24) is 9.88 Å². The average Bonchev–Trinajstić information content (AvgIpc) is 2.74. The molecule has 1 fully saturated rings. The van der Waals surface area contributed by atoms with Gasteiger partial charge in [-0.2, -0.15) is 0 Å². The molecule has 0 spiro atoms. The third-order valence-electron chi connectivity index (χ3n) is 4.22. The Morgan fingerprint density at radius 3 is 2.65 bits per heavy atom. The molecule has 0 radical (unpaired) electrons. The first-order chi connectivity index (χ1) is 9.79. The van der Waals surface area contributed by atoms with Crippen LogP contribution in [0.5, 0.6) is 0 Å². The maximum atomic E-state index is 4.72. The number of hydrogen-bond donors (Lipinski definition) is 1. The summed E-state index contributed by atoms with van der Waals surface area (Å²) in [5.74, 6) is 1.01. The topological polar surface area (TPSA) is 28.2 Å². The number of pyridine rings is 1. The van der Waals surface area contributed by atoms with Gasteiger partial charge in [0.25, 0.3) is 0 Å². The second-order valence-electron chi connectivity index (χ2n) is 6.00. The predicted molar refractivity (Wildman–Crippen MR) is 86.0 cm³/mol. The first kappa shape index (κ1) is 15.3. The molecular formula is C17H29N3. The van der Waals surface area contributed by atoms with E-state index < -0.39 is 0 Å². The van der Waals surface area contributed by atoms with E-state index in [2.05, 4.69) is 42.4 Å². The van der Waals surface area contributed by atoms with Gasteiger partial charge >= 0.3 is 0 Å². The summed E-state index contributed by atoms with van der Waals surface area (Å²) in [6, 6.07) is 7.06. The Hall–Kier alpha value is -1.09. The standard InChI is InChI=1S/C17H29N3/c1-3-13-18-17-12-8-9-15(19-17)14-20(2)16-10-6-4-5-7-11-16/h8-9,12,16H,3-7,10-11,13-14H2,1-2H3,(H,18,19). The zero-order valence-corrected chi connectivity index (χ0v) is 13.1. The lowest BCUT2D eigenvalue weighted by atomic mass is 10.1. The van der Waals surface area contributed by atoms with Gasteiger partial charge in [-0.25, -0.2) is 4.98 Å². The number of aromatic nitrogens is 1. The van der Waals surface area contributed by atoms with Crippen LogP contribution in [0.25, 0.3) is 0 Å². The molecule has 20 heavy (non-hydrogen) atoms. The maximum Gasteiger partial charge on any atom is 0.126 e. The molecule has 112 valence electrons. The molecule has 1 aromatic rings. The van der Waals surface area contributed by atoms with Crippen molar-refractivity contribution in [1.29, 1.82) is 0 Å². The number of nitrogens with zero attached hydrogens (tertiary/aromatic N) is 2. The predicted octanol–water partition coefficient (Wildman–Crippen LogP) is 4.06. The molecule has 0 bridgehead atoms. The van der Waals surface area contributed by atoms with Crippen molar-refractivity contribution in [2.24, 2.45) is 0 Å². The van der Waals surface area contributed by atoms with Crippen LogP contribution >= 0.6 is 0 Å². The normalized spacial score (nSPS) is 17.1. The van der Waals surface area contributed by atoms with Crippen LogP contribution < -0.4 is 5.32 Å². The van der Waals surface area contributed by atoms with E-state index in [-0.39, 0.29) is 0 Å². The Bertz CT molecular complexity index is 384. The number of rotatable bonds is 6. The lowest BCUT2D eigenvalue weighted by Gasteiger charge is -2.26. The second-order valence-corrected chi connectivity index (χ2v) is 6.00. The van der Waals surface area contributed by atoms with Crippen LogP contribution in [0.15, 0.2) is 18.2 Å². The Morgan fingerprint density at radius 1 is 1.20 bits per heavy atom. The van der Waals surface area contributed by atoms with E-state index >= 15 is 0 Å². The molecule has 0 atom stereocenters. The summed E-state index contributed by atoms with van der Waals surface area (Å²) >= 11 is 0. The molecule has 1 aliphatic rings. The van der Waals surface area contributed by atoms with Gasteiger partial charge in [0.1, 0.15) is 5.82 Å². The van der Waals surface area contributed by atoms with Crippen molar-refractivity contribution < 1.29 is 0 Å². The Morgan fingerprint density at radius 2 is 1.95 bits per heavy atom. The summed E-state index contributed by atoms with van der Waals surface area (Å²) in [5, 5.41) is 3.37. The fraction of sp³-hybridized carbons (Fsp3) is 0.706. The SMILES string of the molecule is CCCNc1cccc(CN(C)C2CCCCCC2)n1. The zero-order valence-electron chi connectivity index (χ0n) is 13.1. The van der Waals surface area contributed by atoms with E-state index in [9.17, 15) is 0 Å². The van der Waals surface area contributed by atoms with Crippen LogP contribution in [0, 0.1) is 0 Å². The fourth-order valence-corrected chi connectivity index (χ4v) is 3.00. The molecule has 0 saturated heterocycles. The summed E-state index contributed by atoms with van der Waals surface area (Å²) in [7, 11) is 2.25. The van der Waals surface area contributed by atoms with Gasteiger partial charge in [0.2, 0.25) is 0 Å². The van der Waals surface area contributed by atoms with Gasteiger partial charge in [-0.1, -0.05) is 38.7 Å². The quantitative estimate of drug-likeness (QED) is 0.794. The number of anilines is 1. The summed E-state index contributed by atoms with van der Waals surface area (Å²) in [4.78, 5) is 7.21. The zero-order chi connectivity index (χ0) is 14.2. The van der Waals surface area contributed by atoms with Crippen molar-refractivity contribution in [3.63, 3.8) is 0 Å². The highest BCUT2D eigenvalue weighted by Crippen LogP contribution is 2.22. The van der Waals surface area contributed by atoms with Gasteiger partial charge in [-0.15, -0.1) is 0 Å². The van der Waals surface area contributed by atoms with Gasteiger partial charge in [0.05, 0.1) is 5.69 Å². The van der Waals surface area contributed by atoms with Gasteiger partial charge in [-0.3, -0.25) is 4.90 Å². The van der Waals surface area contributed by atoms with E-state index in [4.69, 9.17) is 4.98 Å². The van der Waals surface area contributed by atoms with E-state index in [1.54, 1.807) is 0 Å². The number of nitrogens with one attached hydrogen (secondary N) is 1. The molecule has 1 aliphatic carbocycles. The number of hydrogen-bond acceptors (Lipinski definition) is 3. The molecule has 1 heterocycles. The van der Waals surface area contributed by atoms with Crippen LogP contribution in [0.3, 0.4) is 0 Å². The minimum atomic E-state index is 0.742. The third kappa shape index (κ3) is 4.78. The molecule has 3 heteroatoms. The molecule has 1 aromatic heterocycles. The van der Waals surface area contributed by atoms with Crippen molar-refractivity contribution in [2.75, 3.05) is 18.9 Å². The largest absolute Gasteiger partial charge is 0.370 e. The van der Waals surface area contributed by atoms with Crippen LogP contribution in [-0.2, 0) is 6.54 Å². The maximum absolute atomic E-state index is 4.72. The Kier molecular flexibility index (Phi) is 6.31. The lowest BCUT2D eigenvalue weighted by molar-refractivity contribution is 0.211. The Balaban J connectivity index is 1.90. The van der Waals surface area contributed by atoms with E-state index in [1.165, 1.54) is 44.2 Å². The lowest BCUT2D eigenvalue weighted by Crippen LogP contribution is -2.31. The van der Waals surface area contributed by atoms with Crippen molar-refractivity contribution in [2.45, 2.75) is 64.5 Å². The first-order valence-electron chi connectivity index (χ1n) is 8.19. The second kappa shape index (κ2) is 8.25.